The predicted octanol–water partition coefficient (Wildman–Crippen LogP) is 2.86. The van der Waals surface area contributed by atoms with Crippen molar-refractivity contribution in [3.05, 3.63) is 58.4 Å². The van der Waals surface area contributed by atoms with E-state index in [4.69, 9.17) is 16.9 Å². The standard InChI is InChI=1S/C14H12ClN3O2S/c1-10-13(6-7-14(15)17-10)18-21(19,20)9-12-4-2-11(8-16)3-5-12/h2-7,18H,9H2,1H3. The molecule has 0 fully saturated rings. The van der Waals surface area contributed by atoms with Crippen LogP contribution in [-0.2, 0) is 15.8 Å². The van der Waals surface area contributed by atoms with E-state index in [2.05, 4.69) is 9.71 Å². The third-order valence-electron chi connectivity index (χ3n) is 2.76. The summed E-state index contributed by atoms with van der Waals surface area (Å²) in [6, 6.07) is 11.5. The average molecular weight is 322 g/mol. The Morgan fingerprint density at radius 3 is 2.48 bits per heavy atom. The molecule has 0 amide bonds. The molecule has 108 valence electrons. The number of hydrogen-bond acceptors (Lipinski definition) is 4. The summed E-state index contributed by atoms with van der Waals surface area (Å²) < 4.78 is 26.7. The van der Waals surface area contributed by atoms with Crippen molar-refractivity contribution in [2.75, 3.05) is 4.72 Å². The number of hydrogen-bond donors (Lipinski definition) is 1. The number of nitrogens with zero attached hydrogens (tertiary/aromatic N) is 2. The van der Waals surface area contributed by atoms with E-state index in [9.17, 15) is 8.42 Å². The second-order valence-electron chi connectivity index (χ2n) is 4.44. The molecule has 0 radical (unpaired) electrons. The second kappa shape index (κ2) is 6.12. The maximum atomic E-state index is 12.1. The minimum atomic E-state index is -3.56. The highest BCUT2D eigenvalue weighted by Gasteiger charge is 2.13. The maximum absolute atomic E-state index is 12.1. The summed E-state index contributed by atoms with van der Waals surface area (Å²) in [5, 5.41) is 9.02. The minimum absolute atomic E-state index is 0.180. The fourth-order valence-electron chi connectivity index (χ4n) is 1.74. The van der Waals surface area contributed by atoms with Crippen molar-refractivity contribution in [1.82, 2.24) is 4.98 Å². The first-order valence-corrected chi connectivity index (χ1v) is 8.05. The molecule has 0 aliphatic rings. The first kappa shape index (κ1) is 15.3. The third kappa shape index (κ3) is 4.18. The van der Waals surface area contributed by atoms with Crippen molar-refractivity contribution in [1.29, 1.82) is 5.26 Å². The van der Waals surface area contributed by atoms with E-state index in [1.54, 1.807) is 37.3 Å². The van der Waals surface area contributed by atoms with Crippen molar-refractivity contribution in [2.45, 2.75) is 12.7 Å². The van der Waals surface area contributed by atoms with Crippen molar-refractivity contribution in [3.8, 4) is 6.07 Å². The van der Waals surface area contributed by atoms with Crippen LogP contribution in [0.15, 0.2) is 36.4 Å². The van der Waals surface area contributed by atoms with Crippen LogP contribution in [0.5, 0.6) is 0 Å². The maximum Gasteiger partial charge on any atom is 0.236 e. The van der Waals surface area contributed by atoms with Gasteiger partial charge in [-0.2, -0.15) is 5.26 Å². The summed E-state index contributed by atoms with van der Waals surface area (Å²) in [5.41, 5.74) is 1.99. The highest BCUT2D eigenvalue weighted by Crippen LogP contribution is 2.18. The quantitative estimate of drug-likeness (QED) is 0.878. The van der Waals surface area contributed by atoms with Crippen LogP contribution >= 0.6 is 11.6 Å². The number of anilines is 1. The zero-order chi connectivity index (χ0) is 15.5. The molecule has 1 aromatic heterocycles. The number of aromatic nitrogens is 1. The van der Waals surface area contributed by atoms with Crippen molar-refractivity contribution in [2.24, 2.45) is 0 Å². The van der Waals surface area contributed by atoms with Crippen LogP contribution in [0.4, 0.5) is 5.69 Å². The van der Waals surface area contributed by atoms with Crippen LogP contribution in [0, 0.1) is 18.3 Å². The largest absolute Gasteiger partial charge is 0.281 e. The van der Waals surface area contributed by atoms with Crippen LogP contribution in [0.3, 0.4) is 0 Å². The lowest BCUT2D eigenvalue weighted by molar-refractivity contribution is 0.600. The van der Waals surface area contributed by atoms with Gasteiger partial charge in [0.2, 0.25) is 10.0 Å². The molecule has 0 atom stereocenters. The van der Waals surface area contributed by atoms with E-state index in [1.807, 2.05) is 6.07 Å². The summed E-state index contributed by atoms with van der Waals surface area (Å²) in [4.78, 5) is 3.99. The Morgan fingerprint density at radius 2 is 1.90 bits per heavy atom. The average Bonchev–Trinajstić information content (AvgIpc) is 2.42. The van der Waals surface area contributed by atoms with Crippen molar-refractivity contribution >= 4 is 27.3 Å². The number of sulfonamides is 1. The number of benzene rings is 1. The highest BCUT2D eigenvalue weighted by atomic mass is 35.5. The van der Waals surface area contributed by atoms with Crippen molar-refractivity contribution < 1.29 is 8.42 Å². The lowest BCUT2D eigenvalue weighted by atomic mass is 10.2. The van der Waals surface area contributed by atoms with Gasteiger partial charge in [-0.3, -0.25) is 4.72 Å². The lowest BCUT2D eigenvalue weighted by Gasteiger charge is -2.10. The van der Waals surface area contributed by atoms with Gasteiger partial charge in [0.1, 0.15) is 5.15 Å². The molecule has 1 heterocycles. The number of rotatable bonds is 4. The zero-order valence-corrected chi connectivity index (χ0v) is 12.7. The molecule has 2 aromatic rings. The van der Waals surface area contributed by atoms with Gasteiger partial charge >= 0.3 is 0 Å². The Morgan fingerprint density at radius 1 is 1.24 bits per heavy atom. The molecule has 0 unspecified atom stereocenters. The normalized spacial score (nSPS) is 10.9. The van der Waals surface area contributed by atoms with E-state index in [0.29, 0.717) is 27.7 Å². The van der Waals surface area contributed by atoms with Gasteiger partial charge in [0, 0.05) is 0 Å². The van der Waals surface area contributed by atoms with E-state index in [-0.39, 0.29) is 5.75 Å². The molecule has 0 saturated carbocycles. The molecule has 21 heavy (non-hydrogen) atoms. The summed E-state index contributed by atoms with van der Waals surface area (Å²) in [7, 11) is -3.56. The molecular formula is C14H12ClN3O2S. The van der Waals surface area contributed by atoms with Gasteiger partial charge in [0.15, 0.2) is 0 Å². The third-order valence-corrected chi connectivity index (χ3v) is 4.21. The van der Waals surface area contributed by atoms with Crippen LogP contribution in [0.2, 0.25) is 5.15 Å². The van der Waals surface area contributed by atoms with Crippen LogP contribution in [-0.4, -0.2) is 13.4 Å². The van der Waals surface area contributed by atoms with Gasteiger partial charge in [0.05, 0.1) is 28.8 Å². The smallest absolute Gasteiger partial charge is 0.236 e. The Hall–Kier alpha value is -2.10. The van der Waals surface area contributed by atoms with Gasteiger partial charge in [0.25, 0.3) is 0 Å². The Bertz CT molecular complexity index is 796. The van der Waals surface area contributed by atoms with E-state index in [1.165, 1.54) is 6.07 Å². The molecule has 0 aliphatic heterocycles. The van der Waals surface area contributed by atoms with Gasteiger partial charge in [-0.15, -0.1) is 0 Å². The molecule has 0 saturated heterocycles. The molecule has 7 heteroatoms. The topological polar surface area (TPSA) is 82.8 Å². The molecule has 5 nitrogen and oxygen atoms in total. The van der Waals surface area contributed by atoms with Crippen LogP contribution in [0.1, 0.15) is 16.8 Å². The summed E-state index contributed by atoms with van der Waals surface area (Å²) in [6.07, 6.45) is 0. The number of aryl methyl sites for hydroxylation is 1. The highest BCUT2D eigenvalue weighted by molar-refractivity contribution is 7.91. The molecule has 1 N–H and O–H groups in total. The Labute approximate surface area is 128 Å². The molecule has 0 spiro atoms. The lowest BCUT2D eigenvalue weighted by Crippen LogP contribution is -2.16. The zero-order valence-electron chi connectivity index (χ0n) is 11.2. The van der Waals surface area contributed by atoms with Crippen LogP contribution in [0.25, 0.3) is 0 Å². The van der Waals surface area contributed by atoms with Crippen molar-refractivity contribution in [3.63, 3.8) is 0 Å². The molecule has 2 rings (SSSR count). The Kier molecular flexibility index (Phi) is 4.46. The SMILES string of the molecule is Cc1nc(Cl)ccc1NS(=O)(=O)Cc1ccc(C#N)cc1. The molecular weight excluding hydrogens is 310 g/mol. The van der Waals surface area contributed by atoms with E-state index in [0.717, 1.165) is 0 Å². The molecule has 1 aromatic carbocycles. The van der Waals surface area contributed by atoms with Gasteiger partial charge < -0.3 is 0 Å². The van der Waals surface area contributed by atoms with Gasteiger partial charge in [-0.1, -0.05) is 23.7 Å². The fourth-order valence-corrected chi connectivity index (χ4v) is 3.18. The number of nitrogens with one attached hydrogen (secondary N) is 1. The Balaban J connectivity index is 2.16. The summed E-state index contributed by atoms with van der Waals surface area (Å²) >= 11 is 5.73. The predicted molar refractivity (Wildman–Crippen MR) is 81.4 cm³/mol. The van der Waals surface area contributed by atoms with Gasteiger partial charge in [-0.05, 0) is 36.8 Å². The van der Waals surface area contributed by atoms with E-state index < -0.39 is 10.0 Å². The fraction of sp³-hybridized carbons (Fsp3) is 0.143. The number of pyridine rings is 1. The first-order chi connectivity index (χ1) is 9.89. The monoisotopic (exact) mass is 321 g/mol. The second-order valence-corrected chi connectivity index (χ2v) is 6.55. The first-order valence-electron chi connectivity index (χ1n) is 6.02. The van der Waals surface area contributed by atoms with E-state index >= 15 is 0 Å². The molecule has 0 aliphatic carbocycles. The summed E-state index contributed by atoms with van der Waals surface area (Å²) in [5.74, 6) is -0.180. The number of nitriles is 1. The minimum Gasteiger partial charge on any atom is -0.281 e. The summed E-state index contributed by atoms with van der Waals surface area (Å²) in [6.45, 7) is 1.67. The van der Waals surface area contributed by atoms with Crippen LogP contribution < -0.4 is 4.72 Å². The molecule has 0 bridgehead atoms. The van der Waals surface area contributed by atoms with Gasteiger partial charge in [-0.25, -0.2) is 13.4 Å². The number of halogens is 1.